The van der Waals surface area contributed by atoms with Crippen LogP contribution in [0.15, 0.2) is 29.2 Å². The van der Waals surface area contributed by atoms with E-state index in [-0.39, 0.29) is 24.5 Å². The molecule has 0 aliphatic rings. The third kappa shape index (κ3) is 5.95. The van der Waals surface area contributed by atoms with Gasteiger partial charge in [0.15, 0.2) is 0 Å². The highest BCUT2D eigenvalue weighted by Crippen LogP contribution is 2.10. The second kappa shape index (κ2) is 8.42. The van der Waals surface area contributed by atoms with Gasteiger partial charge in [-0.2, -0.15) is 0 Å². The van der Waals surface area contributed by atoms with Crippen LogP contribution in [0.25, 0.3) is 0 Å². The van der Waals surface area contributed by atoms with Crippen LogP contribution in [-0.4, -0.2) is 39.8 Å². The van der Waals surface area contributed by atoms with Gasteiger partial charge in [0.2, 0.25) is 10.0 Å². The van der Waals surface area contributed by atoms with Crippen LogP contribution in [0, 0.1) is 11.8 Å². The molecule has 0 unspecified atom stereocenters. The molecule has 1 aromatic rings. The highest BCUT2D eigenvalue weighted by molar-refractivity contribution is 7.89. The third-order valence-corrected chi connectivity index (χ3v) is 3.96. The first kappa shape index (κ1) is 17.2. The summed E-state index contributed by atoms with van der Waals surface area (Å²) in [6, 6.07) is 6.03. The van der Waals surface area contributed by atoms with Crippen molar-refractivity contribution < 1.29 is 23.1 Å². The Morgan fingerprint density at radius 1 is 1.33 bits per heavy atom. The molecule has 1 aromatic carbocycles. The number of sulfonamides is 1. The summed E-state index contributed by atoms with van der Waals surface area (Å²) in [6.07, 6.45) is 0.343. The molecule has 2 N–H and O–H groups in total. The number of ether oxygens (including phenoxy) is 1. The fraction of sp³-hybridized carbons (Fsp3) is 0.357. The van der Waals surface area contributed by atoms with Crippen molar-refractivity contribution in [2.75, 3.05) is 20.3 Å². The lowest BCUT2D eigenvalue weighted by molar-refractivity contribution is -0.140. The van der Waals surface area contributed by atoms with Crippen LogP contribution < -0.4 is 4.72 Å². The summed E-state index contributed by atoms with van der Waals surface area (Å²) in [5.41, 5.74) is 0.664. The van der Waals surface area contributed by atoms with E-state index in [2.05, 4.69) is 21.3 Å². The zero-order valence-corrected chi connectivity index (χ0v) is 12.4. The van der Waals surface area contributed by atoms with Gasteiger partial charge in [-0.1, -0.05) is 11.8 Å². The number of hydrogen-bond donors (Lipinski definition) is 2. The van der Waals surface area contributed by atoms with E-state index in [4.69, 9.17) is 5.11 Å². The largest absolute Gasteiger partial charge is 0.469 e. The molecule has 0 fully saturated rings. The van der Waals surface area contributed by atoms with Gasteiger partial charge in [-0.25, -0.2) is 13.1 Å². The fourth-order valence-electron chi connectivity index (χ4n) is 1.41. The number of esters is 1. The maximum atomic E-state index is 11.9. The maximum Gasteiger partial charge on any atom is 0.306 e. The van der Waals surface area contributed by atoms with E-state index in [0.717, 1.165) is 0 Å². The molecule has 6 nitrogen and oxygen atoms in total. The molecule has 0 aliphatic carbocycles. The molecule has 0 atom stereocenters. The number of hydrogen-bond acceptors (Lipinski definition) is 5. The molecular formula is C14H17NO5S. The van der Waals surface area contributed by atoms with Gasteiger partial charge < -0.3 is 9.84 Å². The first-order valence-electron chi connectivity index (χ1n) is 6.26. The molecule has 114 valence electrons. The molecule has 0 aliphatic heterocycles. The first-order chi connectivity index (χ1) is 9.99. The standard InChI is InChI=1S/C14H17NO5S/c1-20-14(17)9-10-15-21(18,19)13-7-5-12(6-8-13)4-2-3-11-16/h5-8,15-16H,3,9-11H2,1H3. The van der Waals surface area contributed by atoms with Crippen LogP contribution in [0.3, 0.4) is 0 Å². The number of aliphatic hydroxyl groups excluding tert-OH is 1. The van der Waals surface area contributed by atoms with Crippen molar-refractivity contribution in [2.24, 2.45) is 0 Å². The van der Waals surface area contributed by atoms with Crippen molar-refractivity contribution in [3.05, 3.63) is 29.8 Å². The number of methoxy groups -OCH3 is 1. The average molecular weight is 311 g/mol. The second-order valence-corrected chi connectivity index (χ2v) is 5.79. The third-order valence-electron chi connectivity index (χ3n) is 2.48. The Morgan fingerprint density at radius 3 is 2.57 bits per heavy atom. The normalized spacial score (nSPS) is 10.6. The Balaban J connectivity index is 2.67. The zero-order valence-electron chi connectivity index (χ0n) is 11.6. The van der Waals surface area contributed by atoms with Gasteiger partial charge in [-0.3, -0.25) is 4.79 Å². The number of carbonyl (C=O) groups excluding carboxylic acids is 1. The summed E-state index contributed by atoms with van der Waals surface area (Å²) in [5.74, 6) is 5.07. The summed E-state index contributed by atoms with van der Waals surface area (Å²) in [7, 11) is -2.41. The Kier molecular flexibility index (Phi) is 6.88. The van der Waals surface area contributed by atoms with Crippen LogP contribution in [0.4, 0.5) is 0 Å². The van der Waals surface area contributed by atoms with Gasteiger partial charge in [-0.15, -0.1) is 0 Å². The summed E-state index contributed by atoms with van der Waals surface area (Å²) in [4.78, 5) is 11.0. The minimum absolute atomic E-state index is 0.0103. The Labute approximate surface area is 124 Å². The molecule has 0 amide bonds. The number of nitrogens with one attached hydrogen (secondary N) is 1. The second-order valence-electron chi connectivity index (χ2n) is 4.02. The summed E-state index contributed by atoms with van der Waals surface area (Å²) < 4.78 is 30.6. The predicted octanol–water partition coefficient (Wildman–Crippen LogP) is 0.262. The van der Waals surface area contributed by atoms with Crippen molar-refractivity contribution in [1.29, 1.82) is 0 Å². The minimum atomic E-state index is -3.65. The van der Waals surface area contributed by atoms with Crippen molar-refractivity contribution in [1.82, 2.24) is 4.72 Å². The molecule has 0 heterocycles. The fourth-order valence-corrected chi connectivity index (χ4v) is 2.44. The maximum absolute atomic E-state index is 11.9. The number of aliphatic hydroxyl groups is 1. The van der Waals surface area contributed by atoms with Gasteiger partial charge >= 0.3 is 5.97 Å². The molecule has 0 bridgehead atoms. The van der Waals surface area contributed by atoms with E-state index in [1.165, 1.54) is 19.2 Å². The summed E-state index contributed by atoms with van der Waals surface area (Å²) in [5, 5.41) is 8.61. The lowest BCUT2D eigenvalue weighted by Crippen LogP contribution is -2.26. The Bertz CT molecular complexity index is 626. The molecule has 0 saturated carbocycles. The van der Waals surface area contributed by atoms with Crippen molar-refractivity contribution in [2.45, 2.75) is 17.7 Å². The van der Waals surface area contributed by atoms with E-state index < -0.39 is 16.0 Å². The van der Waals surface area contributed by atoms with Gasteiger partial charge in [0.25, 0.3) is 0 Å². The van der Waals surface area contributed by atoms with Crippen molar-refractivity contribution in [3.8, 4) is 11.8 Å². The van der Waals surface area contributed by atoms with Gasteiger partial charge in [-0.05, 0) is 24.3 Å². The van der Waals surface area contributed by atoms with Crippen molar-refractivity contribution >= 4 is 16.0 Å². The lowest BCUT2D eigenvalue weighted by Gasteiger charge is -2.06. The predicted molar refractivity (Wildman–Crippen MR) is 76.8 cm³/mol. The van der Waals surface area contributed by atoms with Crippen LogP contribution >= 0.6 is 0 Å². The number of benzene rings is 1. The number of carbonyl (C=O) groups is 1. The molecule has 0 saturated heterocycles. The lowest BCUT2D eigenvalue weighted by atomic mass is 10.2. The molecule has 21 heavy (non-hydrogen) atoms. The zero-order chi connectivity index (χ0) is 15.7. The van der Waals surface area contributed by atoms with E-state index in [1.807, 2.05) is 0 Å². The van der Waals surface area contributed by atoms with Crippen LogP contribution in [0.1, 0.15) is 18.4 Å². The molecule has 0 spiro atoms. The first-order valence-corrected chi connectivity index (χ1v) is 7.74. The summed E-state index contributed by atoms with van der Waals surface area (Å²) >= 11 is 0. The summed E-state index contributed by atoms with van der Waals surface area (Å²) in [6.45, 7) is -0.0311. The van der Waals surface area contributed by atoms with E-state index in [9.17, 15) is 13.2 Å². The SMILES string of the molecule is COC(=O)CCNS(=O)(=O)c1ccc(C#CCCO)cc1. The van der Waals surface area contributed by atoms with Crippen molar-refractivity contribution in [3.63, 3.8) is 0 Å². The van der Waals surface area contributed by atoms with Gasteiger partial charge in [0.1, 0.15) is 0 Å². The molecular weight excluding hydrogens is 294 g/mol. The highest BCUT2D eigenvalue weighted by Gasteiger charge is 2.13. The minimum Gasteiger partial charge on any atom is -0.469 e. The Hall–Kier alpha value is -1.88. The molecule has 7 heteroatoms. The Morgan fingerprint density at radius 2 is 2.00 bits per heavy atom. The van der Waals surface area contributed by atoms with Crippen LogP contribution in [0.5, 0.6) is 0 Å². The van der Waals surface area contributed by atoms with Crippen LogP contribution in [0.2, 0.25) is 0 Å². The van der Waals surface area contributed by atoms with E-state index >= 15 is 0 Å². The monoisotopic (exact) mass is 311 g/mol. The van der Waals surface area contributed by atoms with E-state index in [1.54, 1.807) is 12.1 Å². The molecule has 0 aromatic heterocycles. The van der Waals surface area contributed by atoms with E-state index in [0.29, 0.717) is 12.0 Å². The smallest absolute Gasteiger partial charge is 0.306 e. The number of rotatable bonds is 6. The van der Waals surface area contributed by atoms with Gasteiger partial charge in [0.05, 0.1) is 25.0 Å². The highest BCUT2D eigenvalue weighted by atomic mass is 32.2. The van der Waals surface area contributed by atoms with Gasteiger partial charge in [0, 0.05) is 18.5 Å². The average Bonchev–Trinajstić information content (AvgIpc) is 2.47. The van der Waals surface area contributed by atoms with Crippen LogP contribution in [-0.2, 0) is 19.6 Å². The molecule has 1 rings (SSSR count). The topological polar surface area (TPSA) is 92.7 Å². The molecule has 0 radical (unpaired) electrons. The quantitative estimate of drug-likeness (QED) is 0.581.